The lowest BCUT2D eigenvalue weighted by Crippen LogP contribution is -2.51. The maximum atomic E-state index is 12.7. The van der Waals surface area contributed by atoms with Gasteiger partial charge in [-0.15, -0.1) is 0 Å². The van der Waals surface area contributed by atoms with E-state index in [2.05, 4.69) is 4.98 Å². The van der Waals surface area contributed by atoms with Crippen molar-refractivity contribution in [2.45, 2.75) is 13.3 Å². The van der Waals surface area contributed by atoms with Crippen LogP contribution in [0, 0.1) is 5.95 Å². The maximum absolute atomic E-state index is 12.7. The Kier molecular flexibility index (Phi) is 4.89. The van der Waals surface area contributed by atoms with Crippen molar-refractivity contribution < 1.29 is 17.6 Å². The molecule has 1 aliphatic rings. The molecule has 116 valence electrons. The standard InChI is InChI=1S/C13H18FN3O3S/c1-2-9-21(19,20)17-7-5-16(6-8-17)13(18)11-3-4-12(14)15-10-11/h3-4,10H,2,5-9H2,1H3. The van der Waals surface area contributed by atoms with Gasteiger partial charge in [-0.1, -0.05) is 6.92 Å². The van der Waals surface area contributed by atoms with Gasteiger partial charge in [0.1, 0.15) is 0 Å². The van der Waals surface area contributed by atoms with E-state index in [0.29, 0.717) is 38.2 Å². The van der Waals surface area contributed by atoms with Crippen LogP contribution in [0.15, 0.2) is 18.3 Å². The Bertz CT molecular complexity index is 596. The van der Waals surface area contributed by atoms with Crippen LogP contribution >= 0.6 is 0 Å². The van der Waals surface area contributed by atoms with Crippen LogP contribution in [0.5, 0.6) is 0 Å². The third-order valence-corrected chi connectivity index (χ3v) is 5.43. The van der Waals surface area contributed by atoms with Crippen molar-refractivity contribution in [1.82, 2.24) is 14.2 Å². The molecule has 1 saturated heterocycles. The number of nitrogens with zero attached hydrogens (tertiary/aromatic N) is 3. The topological polar surface area (TPSA) is 70.6 Å². The Balaban J connectivity index is 1.98. The van der Waals surface area contributed by atoms with E-state index in [-0.39, 0.29) is 11.7 Å². The summed E-state index contributed by atoms with van der Waals surface area (Å²) in [6.45, 7) is 3.07. The summed E-state index contributed by atoms with van der Waals surface area (Å²) in [6.07, 6.45) is 1.76. The van der Waals surface area contributed by atoms with Crippen molar-refractivity contribution in [3.05, 3.63) is 29.8 Å². The van der Waals surface area contributed by atoms with Crippen LogP contribution in [-0.4, -0.2) is 60.4 Å². The molecule has 1 aliphatic heterocycles. The number of carbonyl (C=O) groups is 1. The molecule has 1 aromatic rings. The van der Waals surface area contributed by atoms with Gasteiger partial charge < -0.3 is 4.90 Å². The summed E-state index contributed by atoms with van der Waals surface area (Å²) in [4.78, 5) is 17.2. The van der Waals surface area contributed by atoms with Crippen molar-refractivity contribution in [1.29, 1.82) is 0 Å². The predicted octanol–water partition coefficient (Wildman–Crippen LogP) is 0.718. The first-order valence-corrected chi connectivity index (χ1v) is 8.43. The van der Waals surface area contributed by atoms with Crippen molar-refractivity contribution in [2.75, 3.05) is 31.9 Å². The largest absolute Gasteiger partial charge is 0.336 e. The lowest BCUT2D eigenvalue weighted by atomic mass is 10.2. The Morgan fingerprint density at radius 1 is 1.29 bits per heavy atom. The molecule has 8 heteroatoms. The van der Waals surface area contributed by atoms with E-state index in [9.17, 15) is 17.6 Å². The van der Waals surface area contributed by atoms with Gasteiger partial charge in [-0.25, -0.2) is 13.4 Å². The van der Waals surface area contributed by atoms with Gasteiger partial charge in [-0.3, -0.25) is 4.79 Å². The summed E-state index contributed by atoms with van der Waals surface area (Å²) >= 11 is 0. The van der Waals surface area contributed by atoms with E-state index >= 15 is 0 Å². The Morgan fingerprint density at radius 2 is 1.95 bits per heavy atom. The summed E-state index contributed by atoms with van der Waals surface area (Å²) in [5, 5.41) is 0. The zero-order valence-electron chi connectivity index (χ0n) is 11.8. The van der Waals surface area contributed by atoms with Crippen molar-refractivity contribution >= 4 is 15.9 Å². The number of hydrogen-bond donors (Lipinski definition) is 0. The lowest BCUT2D eigenvalue weighted by Gasteiger charge is -2.34. The molecule has 0 saturated carbocycles. The van der Waals surface area contributed by atoms with Gasteiger partial charge >= 0.3 is 0 Å². The van der Waals surface area contributed by atoms with E-state index in [4.69, 9.17) is 0 Å². The van der Waals surface area contributed by atoms with Gasteiger partial charge in [0.2, 0.25) is 16.0 Å². The van der Waals surface area contributed by atoms with Crippen LogP contribution in [0.4, 0.5) is 4.39 Å². The highest BCUT2D eigenvalue weighted by Gasteiger charge is 2.28. The molecular formula is C13H18FN3O3S. The second-order valence-electron chi connectivity index (χ2n) is 4.88. The minimum atomic E-state index is -3.22. The highest BCUT2D eigenvalue weighted by atomic mass is 32.2. The van der Waals surface area contributed by atoms with Gasteiger partial charge in [0.15, 0.2) is 0 Å². The van der Waals surface area contributed by atoms with E-state index < -0.39 is 16.0 Å². The van der Waals surface area contributed by atoms with Gasteiger partial charge in [-0.05, 0) is 18.6 Å². The van der Waals surface area contributed by atoms with Gasteiger partial charge in [0.25, 0.3) is 5.91 Å². The summed E-state index contributed by atoms with van der Waals surface area (Å²) < 4.78 is 38.0. The van der Waals surface area contributed by atoms with Crippen LogP contribution in [0.1, 0.15) is 23.7 Å². The van der Waals surface area contributed by atoms with Crippen molar-refractivity contribution in [3.8, 4) is 0 Å². The monoisotopic (exact) mass is 315 g/mol. The van der Waals surface area contributed by atoms with Gasteiger partial charge in [0, 0.05) is 32.4 Å². The van der Waals surface area contributed by atoms with Crippen molar-refractivity contribution in [3.63, 3.8) is 0 Å². The first-order chi connectivity index (χ1) is 9.94. The van der Waals surface area contributed by atoms with E-state index in [1.54, 1.807) is 4.90 Å². The molecule has 2 heterocycles. The Hall–Kier alpha value is -1.54. The number of halogens is 1. The highest BCUT2D eigenvalue weighted by Crippen LogP contribution is 2.12. The molecule has 0 aromatic carbocycles. The van der Waals surface area contributed by atoms with Crippen LogP contribution in [-0.2, 0) is 10.0 Å². The van der Waals surface area contributed by atoms with Crippen LogP contribution in [0.2, 0.25) is 0 Å². The zero-order chi connectivity index (χ0) is 15.5. The quantitative estimate of drug-likeness (QED) is 0.768. The van der Waals surface area contributed by atoms with Crippen LogP contribution < -0.4 is 0 Å². The molecule has 0 spiro atoms. The summed E-state index contributed by atoms with van der Waals surface area (Å²) in [6, 6.07) is 2.51. The van der Waals surface area contributed by atoms with E-state index in [1.807, 2.05) is 6.92 Å². The SMILES string of the molecule is CCCS(=O)(=O)N1CCN(C(=O)c2ccc(F)nc2)CC1. The fraction of sp³-hybridized carbons (Fsp3) is 0.538. The Morgan fingerprint density at radius 3 is 2.48 bits per heavy atom. The molecule has 0 unspecified atom stereocenters. The number of sulfonamides is 1. The zero-order valence-corrected chi connectivity index (χ0v) is 12.6. The summed E-state index contributed by atoms with van der Waals surface area (Å²) in [5.41, 5.74) is 0.307. The molecule has 0 radical (unpaired) electrons. The molecule has 1 fully saturated rings. The molecular weight excluding hydrogens is 297 g/mol. The number of amides is 1. The molecule has 1 aromatic heterocycles. The fourth-order valence-corrected chi connectivity index (χ4v) is 3.74. The average Bonchev–Trinajstić information content (AvgIpc) is 2.47. The smallest absolute Gasteiger partial charge is 0.255 e. The number of pyridine rings is 1. The number of carbonyl (C=O) groups excluding carboxylic acids is 1. The minimum absolute atomic E-state index is 0.128. The molecule has 0 atom stereocenters. The molecule has 2 rings (SSSR count). The fourth-order valence-electron chi connectivity index (χ4n) is 2.24. The molecule has 0 bridgehead atoms. The molecule has 21 heavy (non-hydrogen) atoms. The van der Waals surface area contributed by atoms with E-state index in [0.717, 1.165) is 6.07 Å². The first kappa shape index (κ1) is 15.8. The number of hydrogen-bond acceptors (Lipinski definition) is 4. The van der Waals surface area contributed by atoms with E-state index in [1.165, 1.54) is 16.6 Å². The molecule has 0 N–H and O–H groups in total. The van der Waals surface area contributed by atoms with Crippen molar-refractivity contribution in [2.24, 2.45) is 0 Å². The summed E-state index contributed by atoms with van der Waals surface area (Å²) in [5.74, 6) is -0.764. The first-order valence-electron chi connectivity index (χ1n) is 6.82. The lowest BCUT2D eigenvalue weighted by molar-refractivity contribution is 0.0697. The highest BCUT2D eigenvalue weighted by molar-refractivity contribution is 7.89. The predicted molar refractivity (Wildman–Crippen MR) is 75.7 cm³/mol. The normalized spacial score (nSPS) is 17.0. The Labute approximate surface area is 123 Å². The van der Waals surface area contributed by atoms with Gasteiger partial charge in [-0.2, -0.15) is 8.70 Å². The summed E-state index contributed by atoms with van der Waals surface area (Å²) in [7, 11) is -3.22. The average molecular weight is 315 g/mol. The number of piperazine rings is 1. The number of aromatic nitrogens is 1. The van der Waals surface area contributed by atoms with Gasteiger partial charge in [0.05, 0.1) is 11.3 Å². The van der Waals surface area contributed by atoms with Crippen LogP contribution in [0.25, 0.3) is 0 Å². The second-order valence-corrected chi connectivity index (χ2v) is 6.97. The number of rotatable bonds is 4. The second kappa shape index (κ2) is 6.48. The molecule has 0 aliphatic carbocycles. The molecule has 1 amide bonds. The molecule has 6 nitrogen and oxygen atoms in total. The minimum Gasteiger partial charge on any atom is -0.336 e. The third kappa shape index (κ3) is 3.76. The van der Waals surface area contributed by atoms with Crippen LogP contribution in [0.3, 0.4) is 0 Å². The third-order valence-electron chi connectivity index (χ3n) is 3.36. The maximum Gasteiger partial charge on any atom is 0.255 e.